The summed E-state index contributed by atoms with van der Waals surface area (Å²) < 4.78 is 2.43. The van der Waals surface area contributed by atoms with E-state index in [1.54, 1.807) is 0 Å². The van der Waals surface area contributed by atoms with Crippen LogP contribution in [0, 0.1) is 0 Å². The Morgan fingerprint density at radius 3 is 1.93 bits per heavy atom. The van der Waals surface area contributed by atoms with Gasteiger partial charge < -0.3 is 9.47 Å². The van der Waals surface area contributed by atoms with Crippen LogP contribution in [0.2, 0.25) is 0 Å². The van der Waals surface area contributed by atoms with Gasteiger partial charge in [-0.1, -0.05) is 129 Å². The van der Waals surface area contributed by atoms with Crippen molar-refractivity contribution in [2.75, 3.05) is 4.90 Å². The van der Waals surface area contributed by atoms with Crippen molar-refractivity contribution < 1.29 is 0 Å². The number of hydrogen-bond donors (Lipinski definition) is 0. The van der Waals surface area contributed by atoms with E-state index < -0.39 is 0 Å². The van der Waals surface area contributed by atoms with E-state index in [-0.39, 0.29) is 12.1 Å². The molecule has 2 nitrogen and oxygen atoms in total. The fraction of sp³-hybridized carbons (Fsp3) is 0.0769. The zero-order valence-corrected chi connectivity index (χ0v) is 23.8. The Morgan fingerprint density at radius 1 is 0.524 bits per heavy atom. The van der Waals surface area contributed by atoms with Crippen molar-refractivity contribution in [1.82, 2.24) is 4.57 Å². The van der Waals surface area contributed by atoms with Gasteiger partial charge in [0.2, 0.25) is 6.71 Å². The average molecular weight is 536 g/mol. The lowest BCUT2D eigenvalue weighted by Crippen LogP contribution is -2.58. The first-order valence-electron chi connectivity index (χ1n) is 14.8. The summed E-state index contributed by atoms with van der Waals surface area (Å²) in [6, 6.07) is 51.6. The number of para-hydroxylation sites is 4. The third kappa shape index (κ3) is 3.06. The largest absolute Gasteiger partial charge is 0.311 e. The molecule has 9 rings (SSSR count). The molecule has 0 aliphatic carbocycles. The summed E-state index contributed by atoms with van der Waals surface area (Å²) in [7, 11) is 0. The van der Waals surface area contributed by atoms with Crippen LogP contribution in [0.1, 0.15) is 25.0 Å². The normalized spacial score (nSPS) is 14.5. The molecule has 42 heavy (non-hydrogen) atoms. The van der Waals surface area contributed by atoms with Crippen LogP contribution in [-0.2, 0) is 5.41 Å². The molecule has 0 radical (unpaired) electrons. The highest BCUT2D eigenvalue weighted by molar-refractivity contribution is 6.98. The Hall–Kier alpha value is -5.02. The summed E-state index contributed by atoms with van der Waals surface area (Å²) in [6.07, 6.45) is 0. The van der Waals surface area contributed by atoms with E-state index in [1.807, 2.05) is 0 Å². The molecule has 0 N–H and O–H groups in total. The Morgan fingerprint density at radius 2 is 1.17 bits per heavy atom. The Balaban J connectivity index is 1.35. The fourth-order valence-corrected chi connectivity index (χ4v) is 7.74. The maximum Gasteiger partial charge on any atom is 0.246 e. The molecule has 1 aromatic heterocycles. The predicted molar refractivity (Wildman–Crippen MR) is 179 cm³/mol. The molecular weight excluding hydrogens is 507 g/mol. The molecule has 2 aliphatic heterocycles. The van der Waals surface area contributed by atoms with Gasteiger partial charge in [-0.25, -0.2) is 0 Å². The molecule has 0 spiro atoms. The van der Waals surface area contributed by atoms with Crippen molar-refractivity contribution in [3.05, 3.63) is 151 Å². The second-order valence-electron chi connectivity index (χ2n) is 12.2. The second kappa shape index (κ2) is 8.50. The van der Waals surface area contributed by atoms with Gasteiger partial charge in [0, 0.05) is 33.2 Å². The van der Waals surface area contributed by atoms with Crippen LogP contribution in [0.5, 0.6) is 0 Å². The minimum Gasteiger partial charge on any atom is -0.311 e. The lowest BCUT2D eigenvalue weighted by atomic mass is 9.34. The van der Waals surface area contributed by atoms with Gasteiger partial charge >= 0.3 is 0 Å². The van der Waals surface area contributed by atoms with Crippen LogP contribution < -0.4 is 21.3 Å². The van der Waals surface area contributed by atoms with Crippen LogP contribution in [0.4, 0.5) is 17.1 Å². The van der Waals surface area contributed by atoms with E-state index in [0.717, 1.165) is 0 Å². The quantitative estimate of drug-likeness (QED) is 0.205. The summed E-state index contributed by atoms with van der Waals surface area (Å²) in [5.41, 5.74) is 14.2. The first kappa shape index (κ1) is 23.7. The SMILES string of the molecule is CC1(C)c2ccc(-n3c4ccccc4c4ccccc43)cc2N2c3ccccc3B(c3ccccc3)c3cccc1c32. The summed E-state index contributed by atoms with van der Waals surface area (Å²) in [5.74, 6) is 0. The van der Waals surface area contributed by atoms with E-state index in [9.17, 15) is 0 Å². The van der Waals surface area contributed by atoms with E-state index in [0.29, 0.717) is 0 Å². The molecule has 2 aliphatic rings. The Kier molecular flexibility index (Phi) is 4.79. The molecule has 0 saturated carbocycles. The van der Waals surface area contributed by atoms with Crippen molar-refractivity contribution in [3.63, 3.8) is 0 Å². The lowest BCUT2D eigenvalue weighted by molar-refractivity contribution is 0.632. The number of fused-ring (bicyclic) bond motifs is 7. The number of rotatable bonds is 2. The highest BCUT2D eigenvalue weighted by Crippen LogP contribution is 2.52. The highest BCUT2D eigenvalue weighted by atomic mass is 15.2. The number of anilines is 3. The molecule has 0 atom stereocenters. The molecule has 6 aromatic carbocycles. The molecule has 0 saturated heterocycles. The van der Waals surface area contributed by atoms with Crippen molar-refractivity contribution in [2.24, 2.45) is 0 Å². The summed E-state index contributed by atoms with van der Waals surface area (Å²) in [6.45, 7) is 4.96. The molecule has 7 aromatic rings. The minimum absolute atomic E-state index is 0.149. The van der Waals surface area contributed by atoms with Crippen molar-refractivity contribution >= 4 is 62.0 Å². The van der Waals surface area contributed by atoms with Crippen LogP contribution >= 0.6 is 0 Å². The Bertz CT molecular complexity index is 2140. The molecule has 0 amide bonds. The number of benzene rings is 6. The van der Waals surface area contributed by atoms with Crippen LogP contribution in [-0.4, -0.2) is 11.3 Å². The number of nitrogens with zero attached hydrogens (tertiary/aromatic N) is 2. The van der Waals surface area contributed by atoms with E-state index in [1.165, 1.54) is 72.1 Å². The van der Waals surface area contributed by atoms with E-state index in [4.69, 9.17) is 0 Å². The molecular formula is C39H29BN2. The van der Waals surface area contributed by atoms with Crippen molar-refractivity contribution in [1.29, 1.82) is 0 Å². The molecule has 3 heteroatoms. The van der Waals surface area contributed by atoms with Gasteiger partial charge in [0.1, 0.15) is 0 Å². The molecule has 0 bridgehead atoms. The summed E-state index contributed by atoms with van der Waals surface area (Å²) in [5, 5.41) is 2.57. The minimum atomic E-state index is -0.149. The van der Waals surface area contributed by atoms with Crippen LogP contribution in [0.3, 0.4) is 0 Å². The standard InChI is InChI=1S/C39H29BN2/c1-39(2)30-24-23-27(41-34-20-9-6-15-28(34)29-16-7-10-21-35(29)41)25-37(30)42-36-22-11-8-18-32(36)40(26-13-4-3-5-14-26)33-19-12-17-31(39)38(33)42/h3-25H,1-2H3. The topological polar surface area (TPSA) is 8.17 Å². The van der Waals surface area contributed by atoms with E-state index in [2.05, 4.69) is 163 Å². The summed E-state index contributed by atoms with van der Waals surface area (Å²) >= 11 is 0. The number of aromatic nitrogens is 1. The predicted octanol–water partition coefficient (Wildman–Crippen LogP) is 7.72. The second-order valence-corrected chi connectivity index (χ2v) is 12.2. The smallest absolute Gasteiger partial charge is 0.246 e. The monoisotopic (exact) mass is 536 g/mol. The molecule has 198 valence electrons. The maximum absolute atomic E-state index is 2.55. The zero-order valence-electron chi connectivity index (χ0n) is 23.8. The maximum atomic E-state index is 2.55. The van der Waals surface area contributed by atoms with Crippen molar-refractivity contribution in [3.8, 4) is 5.69 Å². The third-order valence-electron chi connectivity index (χ3n) is 9.63. The van der Waals surface area contributed by atoms with Gasteiger partial charge in [-0.2, -0.15) is 0 Å². The zero-order chi connectivity index (χ0) is 28.0. The van der Waals surface area contributed by atoms with Crippen molar-refractivity contribution in [2.45, 2.75) is 19.3 Å². The first-order valence-corrected chi connectivity index (χ1v) is 14.8. The number of hydrogen-bond acceptors (Lipinski definition) is 1. The average Bonchev–Trinajstić information content (AvgIpc) is 3.37. The lowest BCUT2D eigenvalue weighted by Gasteiger charge is -2.47. The first-order chi connectivity index (χ1) is 20.6. The molecule has 0 fully saturated rings. The Labute approximate surface area is 246 Å². The molecule has 3 heterocycles. The fourth-order valence-electron chi connectivity index (χ4n) is 7.74. The van der Waals surface area contributed by atoms with Gasteiger partial charge in [-0.05, 0) is 52.4 Å². The van der Waals surface area contributed by atoms with Gasteiger partial charge in [0.15, 0.2) is 0 Å². The van der Waals surface area contributed by atoms with Gasteiger partial charge in [0.25, 0.3) is 0 Å². The summed E-state index contributed by atoms with van der Waals surface area (Å²) in [4.78, 5) is 2.55. The van der Waals surface area contributed by atoms with Crippen LogP contribution in [0.25, 0.3) is 27.5 Å². The molecule has 0 unspecified atom stereocenters. The third-order valence-corrected chi connectivity index (χ3v) is 9.63. The van der Waals surface area contributed by atoms with Gasteiger partial charge in [0.05, 0.1) is 16.7 Å². The van der Waals surface area contributed by atoms with Crippen LogP contribution in [0.15, 0.2) is 140 Å². The van der Waals surface area contributed by atoms with E-state index >= 15 is 0 Å². The van der Waals surface area contributed by atoms with Gasteiger partial charge in [-0.3, -0.25) is 0 Å². The van der Waals surface area contributed by atoms with Gasteiger partial charge in [-0.15, -0.1) is 0 Å². The highest BCUT2D eigenvalue weighted by Gasteiger charge is 2.44.